The summed E-state index contributed by atoms with van der Waals surface area (Å²) in [6.07, 6.45) is -0.602. The van der Waals surface area contributed by atoms with E-state index in [0.29, 0.717) is 45.9 Å². The summed E-state index contributed by atoms with van der Waals surface area (Å²) < 4.78 is 5.32. The molecule has 1 rings (SSSR count). The molecule has 35 heavy (non-hydrogen) atoms. The smallest absolute Gasteiger partial charge is 0.408 e. The number of carboxylic acids is 2. The molecule has 0 aliphatic carbocycles. The standard InChI is InChI=1S/C21H41N5O9/c1-21(2,3)35-20(31)22-17(15-34-33-5)12-26(32-4)16-25-10-8-23(13-18(27)28)6-7-24(9-11-25)14-19(29)30/h17H,6-16H2,1-5H3,(H,22,31)(H,27,28)(H,29,30). The Balaban J connectivity index is 2.85. The van der Waals surface area contributed by atoms with Crippen LogP contribution in [0.25, 0.3) is 0 Å². The summed E-state index contributed by atoms with van der Waals surface area (Å²) in [5.41, 5.74) is -0.662. The Hall–Kier alpha value is -2.07. The zero-order chi connectivity index (χ0) is 26.4. The number of ether oxygens (including phenoxy) is 1. The third kappa shape index (κ3) is 14.8. The van der Waals surface area contributed by atoms with Crippen LogP contribution in [0.1, 0.15) is 20.8 Å². The van der Waals surface area contributed by atoms with E-state index in [-0.39, 0.29) is 26.2 Å². The Morgan fingerprint density at radius 1 is 0.914 bits per heavy atom. The van der Waals surface area contributed by atoms with Gasteiger partial charge < -0.3 is 25.1 Å². The van der Waals surface area contributed by atoms with Crippen molar-refractivity contribution in [3.63, 3.8) is 0 Å². The van der Waals surface area contributed by atoms with E-state index >= 15 is 0 Å². The number of hydroxylamine groups is 2. The van der Waals surface area contributed by atoms with Crippen LogP contribution in [0.15, 0.2) is 0 Å². The summed E-state index contributed by atoms with van der Waals surface area (Å²) >= 11 is 0. The van der Waals surface area contributed by atoms with Gasteiger partial charge in [0.15, 0.2) is 0 Å². The van der Waals surface area contributed by atoms with Gasteiger partial charge in [0, 0.05) is 45.8 Å². The lowest BCUT2D eigenvalue weighted by molar-refractivity contribution is -0.279. The highest BCUT2D eigenvalue weighted by Gasteiger charge is 2.24. The molecule has 0 aromatic carbocycles. The van der Waals surface area contributed by atoms with Gasteiger partial charge in [-0.1, -0.05) is 0 Å². The number of nitrogens with one attached hydrogen (secondary N) is 1. The van der Waals surface area contributed by atoms with E-state index in [1.54, 1.807) is 35.6 Å². The predicted octanol–water partition coefficient (Wildman–Crippen LogP) is -0.633. The van der Waals surface area contributed by atoms with Crippen LogP contribution >= 0.6 is 0 Å². The Morgan fingerprint density at radius 2 is 1.40 bits per heavy atom. The molecule has 3 N–H and O–H groups in total. The van der Waals surface area contributed by atoms with E-state index in [0.717, 1.165) is 0 Å². The van der Waals surface area contributed by atoms with E-state index in [9.17, 15) is 24.6 Å². The van der Waals surface area contributed by atoms with Crippen molar-refractivity contribution < 1.29 is 43.9 Å². The highest BCUT2D eigenvalue weighted by atomic mass is 17.2. The molecule has 1 amide bonds. The van der Waals surface area contributed by atoms with Crippen LogP contribution < -0.4 is 5.32 Å². The summed E-state index contributed by atoms with van der Waals surface area (Å²) in [6, 6.07) is -0.519. The monoisotopic (exact) mass is 507 g/mol. The molecule has 1 aliphatic rings. The molecule has 0 spiro atoms. The van der Waals surface area contributed by atoms with Crippen LogP contribution in [-0.2, 0) is 28.9 Å². The highest BCUT2D eigenvalue weighted by molar-refractivity contribution is 5.69. The summed E-state index contributed by atoms with van der Waals surface area (Å²) in [4.78, 5) is 55.6. The molecule has 14 heteroatoms. The summed E-state index contributed by atoms with van der Waals surface area (Å²) in [5, 5.41) is 22.8. The van der Waals surface area contributed by atoms with Gasteiger partial charge in [0.2, 0.25) is 0 Å². The SMILES string of the molecule is COOCC(CN(CN1CCN(CC(=O)O)CCN(CC(=O)O)CC1)OC)NC(=O)OC(C)(C)C. The maximum Gasteiger partial charge on any atom is 0.408 e. The Kier molecular flexibility index (Phi) is 14.0. The molecule has 204 valence electrons. The largest absolute Gasteiger partial charge is 0.480 e. The number of rotatable bonds is 13. The second kappa shape index (κ2) is 15.8. The number of hydrogen-bond donors (Lipinski definition) is 3. The van der Waals surface area contributed by atoms with Crippen molar-refractivity contribution in [2.24, 2.45) is 0 Å². The molecule has 0 saturated carbocycles. The van der Waals surface area contributed by atoms with Crippen LogP contribution in [0.5, 0.6) is 0 Å². The molecule has 1 unspecified atom stereocenters. The van der Waals surface area contributed by atoms with Crippen molar-refractivity contribution in [1.82, 2.24) is 25.1 Å². The molecule has 1 saturated heterocycles. The average Bonchev–Trinajstić information content (AvgIpc) is 2.81. The Labute approximate surface area is 206 Å². The second-order valence-electron chi connectivity index (χ2n) is 9.24. The van der Waals surface area contributed by atoms with Crippen LogP contribution in [0.4, 0.5) is 4.79 Å². The number of amides is 1. The molecular weight excluding hydrogens is 466 g/mol. The first-order valence-corrected chi connectivity index (χ1v) is 11.5. The van der Waals surface area contributed by atoms with Crippen molar-refractivity contribution in [2.75, 3.05) is 86.4 Å². The van der Waals surface area contributed by atoms with E-state index in [1.165, 1.54) is 14.2 Å². The summed E-state index contributed by atoms with van der Waals surface area (Å²) in [5.74, 6) is -1.87. The van der Waals surface area contributed by atoms with Crippen LogP contribution in [-0.4, -0.2) is 146 Å². The van der Waals surface area contributed by atoms with E-state index < -0.39 is 29.7 Å². The first kappa shape index (κ1) is 31.0. The van der Waals surface area contributed by atoms with Crippen molar-refractivity contribution in [2.45, 2.75) is 32.4 Å². The summed E-state index contributed by atoms with van der Waals surface area (Å²) in [7, 11) is 2.87. The van der Waals surface area contributed by atoms with Gasteiger partial charge >= 0.3 is 18.0 Å². The topological polar surface area (TPSA) is 154 Å². The zero-order valence-corrected chi connectivity index (χ0v) is 21.4. The Bertz CT molecular complexity index is 634. The molecule has 1 aliphatic heterocycles. The third-order valence-corrected chi connectivity index (χ3v) is 5.06. The number of nitrogens with zero attached hydrogens (tertiary/aromatic N) is 4. The fourth-order valence-electron chi connectivity index (χ4n) is 3.45. The molecule has 0 radical (unpaired) electrons. The maximum atomic E-state index is 12.3. The highest BCUT2D eigenvalue weighted by Crippen LogP contribution is 2.08. The number of hydrogen-bond acceptors (Lipinski definition) is 11. The number of carboxylic acid groups (broad SMARTS) is 2. The van der Waals surface area contributed by atoms with Crippen molar-refractivity contribution in [3.8, 4) is 0 Å². The molecule has 1 fully saturated rings. The number of alkyl carbamates (subject to hydrolysis) is 1. The van der Waals surface area contributed by atoms with Gasteiger partial charge in [0.1, 0.15) is 12.2 Å². The molecule has 0 bridgehead atoms. The van der Waals surface area contributed by atoms with Crippen molar-refractivity contribution >= 4 is 18.0 Å². The molecule has 1 heterocycles. The first-order valence-electron chi connectivity index (χ1n) is 11.5. The van der Waals surface area contributed by atoms with Crippen LogP contribution in [0, 0.1) is 0 Å². The zero-order valence-electron chi connectivity index (χ0n) is 21.4. The van der Waals surface area contributed by atoms with Gasteiger partial charge in [-0.15, -0.1) is 0 Å². The number of carbonyl (C=O) groups is 3. The molecule has 1 atom stereocenters. The Morgan fingerprint density at radius 3 is 1.80 bits per heavy atom. The van der Waals surface area contributed by atoms with Crippen molar-refractivity contribution in [1.29, 1.82) is 0 Å². The van der Waals surface area contributed by atoms with Crippen molar-refractivity contribution in [3.05, 3.63) is 0 Å². The van der Waals surface area contributed by atoms with E-state index in [4.69, 9.17) is 14.5 Å². The average molecular weight is 508 g/mol. The fourth-order valence-corrected chi connectivity index (χ4v) is 3.45. The molecule has 0 aromatic heterocycles. The van der Waals surface area contributed by atoms with Gasteiger partial charge in [-0.25, -0.2) is 14.6 Å². The minimum Gasteiger partial charge on any atom is -0.480 e. The lowest BCUT2D eigenvalue weighted by Gasteiger charge is -2.32. The second-order valence-corrected chi connectivity index (χ2v) is 9.24. The molecule has 14 nitrogen and oxygen atoms in total. The van der Waals surface area contributed by atoms with Gasteiger partial charge in [0.25, 0.3) is 0 Å². The number of carbonyl (C=O) groups excluding carboxylic acids is 1. The summed E-state index contributed by atoms with van der Waals surface area (Å²) in [6.45, 7) is 8.67. The normalized spacial score (nSPS) is 17.9. The minimum atomic E-state index is -0.937. The minimum absolute atomic E-state index is 0.0500. The van der Waals surface area contributed by atoms with Gasteiger partial charge in [-0.3, -0.25) is 24.3 Å². The van der Waals surface area contributed by atoms with Crippen LogP contribution in [0.2, 0.25) is 0 Å². The van der Waals surface area contributed by atoms with Gasteiger partial charge in [-0.05, 0) is 20.8 Å². The lowest BCUT2D eigenvalue weighted by atomic mass is 10.2. The van der Waals surface area contributed by atoms with E-state index in [2.05, 4.69) is 10.2 Å². The fraction of sp³-hybridized carbons (Fsp3) is 0.857. The third-order valence-electron chi connectivity index (χ3n) is 5.06. The molecule has 0 aromatic rings. The van der Waals surface area contributed by atoms with Crippen LogP contribution in [0.3, 0.4) is 0 Å². The predicted molar refractivity (Wildman–Crippen MR) is 124 cm³/mol. The molecular formula is C21H41N5O9. The van der Waals surface area contributed by atoms with Gasteiger partial charge in [0.05, 0.1) is 40.0 Å². The first-order chi connectivity index (χ1) is 16.4. The van der Waals surface area contributed by atoms with Gasteiger partial charge in [-0.2, -0.15) is 5.06 Å². The lowest BCUT2D eigenvalue weighted by Crippen LogP contribution is -2.51. The maximum absolute atomic E-state index is 12.3. The van der Waals surface area contributed by atoms with E-state index in [1.807, 2.05) is 4.90 Å². The number of aliphatic carboxylic acids is 2. The quantitative estimate of drug-likeness (QED) is 0.214.